The van der Waals surface area contributed by atoms with Gasteiger partial charge in [0.2, 0.25) is 5.91 Å². The molecule has 0 N–H and O–H groups in total. The maximum atomic E-state index is 13.6. The lowest BCUT2D eigenvalue weighted by molar-refractivity contribution is -0.129. The smallest absolute Gasteiger partial charge is 0.258 e. The Morgan fingerprint density at radius 3 is 2.14 bits per heavy atom. The summed E-state index contributed by atoms with van der Waals surface area (Å²) in [5.74, 6) is 0.853. The van der Waals surface area contributed by atoms with Gasteiger partial charge in [0.1, 0.15) is 18.1 Å². The molecule has 5 heteroatoms. The Labute approximate surface area is 164 Å². The number of para-hydroxylation sites is 2. The Bertz CT molecular complexity index is 1020. The summed E-state index contributed by atoms with van der Waals surface area (Å²) in [6.07, 6.45) is 0. The Kier molecular flexibility index (Phi) is 4.51. The van der Waals surface area contributed by atoms with Gasteiger partial charge in [0.15, 0.2) is 6.04 Å². The number of aryl methyl sites for hydroxylation is 3. The Morgan fingerprint density at radius 2 is 1.54 bits per heavy atom. The van der Waals surface area contributed by atoms with E-state index in [4.69, 9.17) is 4.42 Å². The number of rotatable bonds is 3. The second-order valence-electron chi connectivity index (χ2n) is 7.12. The van der Waals surface area contributed by atoms with E-state index in [0.29, 0.717) is 17.2 Å². The van der Waals surface area contributed by atoms with Crippen LogP contribution >= 0.6 is 0 Å². The molecule has 0 bridgehead atoms. The zero-order valence-electron chi connectivity index (χ0n) is 16.2. The average Bonchev–Trinajstić information content (AvgIpc) is 3.10. The zero-order chi connectivity index (χ0) is 19.8. The molecule has 1 aliphatic heterocycles. The van der Waals surface area contributed by atoms with Crippen LogP contribution in [0.5, 0.6) is 0 Å². The Morgan fingerprint density at radius 1 is 0.857 bits per heavy atom. The van der Waals surface area contributed by atoms with Gasteiger partial charge in [0.25, 0.3) is 5.91 Å². The van der Waals surface area contributed by atoms with Crippen LogP contribution in [0.4, 0.5) is 11.4 Å². The third-order valence-electron chi connectivity index (χ3n) is 5.09. The normalized spacial score (nSPS) is 17.3. The van der Waals surface area contributed by atoms with Crippen LogP contribution in [0, 0.1) is 20.8 Å². The van der Waals surface area contributed by atoms with Gasteiger partial charge in [-0.3, -0.25) is 14.5 Å². The molecular formula is C23H22N2O3. The molecule has 1 aliphatic rings. The lowest BCUT2D eigenvalue weighted by Gasteiger charge is -2.40. The van der Waals surface area contributed by atoms with Gasteiger partial charge in [0.05, 0.1) is 5.69 Å². The molecule has 2 heterocycles. The van der Waals surface area contributed by atoms with Crippen molar-refractivity contribution in [3.63, 3.8) is 0 Å². The molecule has 4 rings (SSSR count). The van der Waals surface area contributed by atoms with Crippen molar-refractivity contribution < 1.29 is 14.0 Å². The van der Waals surface area contributed by atoms with Crippen molar-refractivity contribution in [1.29, 1.82) is 0 Å². The van der Waals surface area contributed by atoms with Gasteiger partial charge in [-0.1, -0.05) is 36.4 Å². The summed E-state index contributed by atoms with van der Waals surface area (Å²) in [5, 5.41) is 0. The number of nitrogens with zero attached hydrogens (tertiary/aromatic N) is 2. The predicted octanol–water partition coefficient (Wildman–Crippen LogP) is 4.33. The van der Waals surface area contributed by atoms with E-state index in [0.717, 1.165) is 16.8 Å². The summed E-state index contributed by atoms with van der Waals surface area (Å²) >= 11 is 0. The largest absolute Gasteiger partial charge is 0.464 e. The number of benzene rings is 2. The van der Waals surface area contributed by atoms with E-state index in [1.54, 1.807) is 15.9 Å². The second-order valence-corrected chi connectivity index (χ2v) is 7.12. The fraction of sp³-hybridized carbons (Fsp3) is 0.217. The van der Waals surface area contributed by atoms with Crippen molar-refractivity contribution in [2.45, 2.75) is 26.8 Å². The third kappa shape index (κ3) is 2.99. The van der Waals surface area contributed by atoms with Crippen molar-refractivity contribution in [2.75, 3.05) is 16.3 Å². The topological polar surface area (TPSA) is 53.8 Å². The highest BCUT2D eigenvalue weighted by Crippen LogP contribution is 2.37. The molecule has 28 heavy (non-hydrogen) atoms. The first-order valence-electron chi connectivity index (χ1n) is 9.28. The summed E-state index contributed by atoms with van der Waals surface area (Å²) in [6.45, 7) is 5.73. The van der Waals surface area contributed by atoms with Crippen molar-refractivity contribution in [3.8, 4) is 0 Å². The van der Waals surface area contributed by atoms with Crippen molar-refractivity contribution in [2.24, 2.45) is 0 Å². The van der Waals surface area contributed by atoms with Crippen LogP contribution in [0.3, 0.4) is 0 Å². The van der Waals surface area contributed by atoms with Gasteiger partial charge in [-0.05, 0) is 56.2 Å². The van der Waals surface area contributed by atoms with Gasteiger partial charge in [-0.2, -0.15) is 0 Å². The average molecular weight is 374 g/mol. The minimum atomic E-state index is -0.837. The second kappa shape index (κ2) is 7.00. The molecule has 2 aromatic carbocycles. The first-order chi connectivity index (χ1) is 13.5. The molecule has 1 saturated heterocycles. The summed E-state index contributed by atoms with van der Waals surface area (Å²) in [4.78, 5) is 30.0. The molecule has 2 amide bonds. The molecule has 142 valence electrons. The third-order valence-corrected chi connectivity index (χ3v) is 5.09. The van der Waals surface area contributed by atoms with E-state index in [9.17, 15) is 9.59 Å². The summed E-state index contributed by atoms with van der Waals surface area (Å²) in [6, 6.07) is 17.9. The monoisotopic (exact) mass is 374 g/mol. The lowest BCUT2D eigenvalue weighted by Crippen LogP contribution is -2.56. The number of carbonyl (C=O) groups excluding carboxylic acids is 2. The van der Waals surface area contributed by atoms with E-state index >= 15 is 0 Å². The molecule has 3 aromatic rings. The standard InChI is InChI=1S/C23H22N2O3/c1-15-8-7-9-16(2)21(15)24-14-20(26)25(18-10-5-4-6-11-18)22(23(24)27)19-13-12-17(3)28-19/h4-13,22H,14H2,1-3H3/t22-/m1/s1. The molecule has 0 radical (unpaired) electrons. The van der Waals surface area contributed by atoms with E-state index in [1.165, 1.54) is 0 Å². The molecule has 0 saturated carbocycles. The summed E-state index contributed by atoms with van der Waals surface area (Å²) in [5.41, 5.74) is 3.40. The van der Waals surface area contributed by atoms with Gasteiger partial charge in [-0.15, -0.1) is 0 Å². The fourth-order valence-electron chi connectivity index (χ4n) is 3.84. The number of furan rings is 1. The molecule has 1 atom stereocenters. The zero-order valence-corrected chi connectivity index (χ0v) is 16.2. The van der Waals surface area contributed by atoms with E-state index in [1.807, 2.05) is 75.4 Å². The van der Waals surface area contributed by atoms with Crippen LogP contribution in [0.15, 0.2) is 65.1 Å². The minimum absolute atomic E-state index is 0.00435. The van der Waals surface area contributed by atoms with E-state index < -0.39 is 6.04 Å². The van der Waals surface area contributed by atoms with Crippen LogP contribution < -0.4 is 9.80 Å². The number of hydrogen-bond acceptors (Lipinski definition) is 3. The number of amides is 2. The molecule has 1 aromatic heterocycles. The van der Waals surface area contributed by atoms with Crippen LogP contribution in [0.1, 0.15) is 28.7 Å². The van der Waals surface area contributed by atoms with Crippen molar-refractivity contribution in [1.82, 2.24) is 0 Å². The Balaban J connectivity index is 1.85. The highest BCUT2D eigenvalue weighted by molar-refractivity contribution is 6.14. The van der Waals surface area contributed by atoms with Crippen LogP contribution in [0.25, 0.3) is 0 Å². The fourth-order valence-corrected chi connectivity index (χ4v) is 3.84. The maximum Gasteiger partial charge on any atom is 0.258 e. The SMILES string of the molecule is Cc1ccc([C@@H]2C(=O)N(c3c(C)cccc3C)CC(=O)N2c2ccccc2)o1. The van der Waals surface area contributed by atoms with Crippen LogP contribution in [-0.2, 0) is 9.59 Å². The highest BCUT2D eigenvalue weighted by atomic mass is 16.3. The Hall–Kier alpha value is -3.34. The number of hydrogen-bond donors (Lipinski definition) is 0. The van der Waals surface area contributed by atoms with Gasteiger partial charge in [0, 0.05) is 5.69 Å². The lowest BCUT2D eigenvalue weighted by atomic mass is 10.0. The first kappa shape index (κ1) is 18.0. The molecule has 0 unspecified atom stereocenters. The highest BCUT2D eigenvalue weighted by Gasteiger charge is 2.44. The molecular weight excluding hydrogens is 352 g/mol. The van der Waals surface area contributed by atoms with E-state index in [-0.39, 0.29) is 18.4 Å². The molecule has 5 nitrogen and oxygen atoms in total. The first-order valence-corrected chi connectivity index (χ1v) is 9.28. The quantitative estimate of drug-likeness (QED) is 0.686. The molecule has 0 aliphatic carbocycles. The maximum absolute atomic E-state index is 13.6. The van der Waals surface area contributed by atoms with Crippen LogP contribution in [-0.4, -0.2) is 18.4 Å². The van der Waals surface area contributed by atoms with E-state index in [2.05, 4.69) is 0 Å². The number of piperazine rings is 1. The molecule has 0 spiro atoms. The van der Waals surface area contributed by atoms with Gasteiger partial charge >= 0.3 is 0 Å². The summed E-state index contributed by atoms with van der Waals surface area (Å²) < 4.78 is 5.80. The number of anilines is 2. The number of carbonyl (C=O) groups is 2. The van der Waals surface area contributed by atoms with Gasteiger partial charge < -0.3 is 9.32 Å². The molecule has 1 fully saturated rings. The van der Waals surface area contributed by atoms with Crippen molar-refractivity contribution in [3.05, 3.63) is 83.3 Å². The summed E-state index contributed by atoms with van der Waals surface area (Å²) in [7, 11) is 0. The van der Waals surface area contributed by atoms with Crippen LogP contribution in [0.2, 0.25) is 0 Å². The van der Waals surface area contributed by atoms with Crippen molar-refractivity contribution >= 4 is 23.2 Å². The predicted molar refractivity (Wildman–Crippen MR) is 108 cm³/mol. The minimum Gasteiger partial charge on any atom is -0.464 e. The van der Waals surface area contributed by atoms with Gasteiger partial charge in [-0.25, -0.2) is 0 Å².